The van der Waals surface area contributed by atoms with Crippen molar-refractivity contribution in [2.45, 2.75) is 39.3 Å². The number of carbonyl (C=O) groups excluding carboxylic acids is 2. The van der Waals surface area contributed by atoms with Gasteiger partial charge in [0.2, 0.25) is 0 Å². The fourth-order valence-corrected chi connectivity index (χ4v) is 2.58. The summed E-state index contributed by atoms with van der Waals surface area (Å²) in [4.78, 5) is 23.8. The van der Waals surface area contributed by atoms with Crippen molar-refractivity contribution in [3.63, 3.8) is 0 Å². The average molecular weight is 308 g/mol. The highest BCUT2D eigenvalue weighted by molar-refractivity contribution is 6.39. The van der Waals surface area contributed by atoms with Gasteiger partial charge in [0.1, 0.15) is 5.82 Å². The molecule has 1 aliphatic rings. The lowest BCUT2D eigenvalue weighted by molar-refractivity contribution is -0.144. The van der Waals surface area contributed by atoms with Crippen LogP contribution in [0.4, 0.5) is 10.1 Å². The topological polar surface area (TPSA) is 67.4 Å². The number of hydrogen-bond donors (Lipinski definition) is 2. The van der Waals surface area contributed by atoms with E-state index in [1.54, 1.807) is 6.07 Å². The highest BCUT2D eigenvalue weighted by atomic mass is 19.1. The summed E-state index contributed by atoms with van der Waals surface area (Å²) in [5, 5.41) is 4.95. The first kappa shape index (κ1) is 16.4. The van der Waals surface area contributed by atoms with Crippen LogP contribution >= 0.6 is 0 Å². The maximum atomic E-state index is 13.4. The molecule has 2 rings (SSSR count). The van der Waals surface area contributed by atoms with Gasteiger partial charge in [-0.25, -0.2) is 4.39 Å². The zero-order chi connectivity index (χ0) is 16.3. The van der Waals surface area contributed by atoms with Crippen LogP contribution in [0.2, 0.25) is 0 Å². The standard InChI is InChI=1S/C16H21FN2O3/c1-4-22-13-9-12(16(13,2)3)19-15(21)14(20)18-11-8-6-5-7-10(11)17/h5-8,12-13H,4,9H2,1-3H3,(H,18,20)(H,19,21)/t12-,13-/m0/s1. The summed E-state index contributed by atoms with van der Waals surface area (Å²) in [6.45, 7) is 6.50. The van der Waals surface area contributed by atoms with Gasteiger partial charge in [0, 0.05) is 18.1 Å². The summed E-state index contributed by atoms with van der Waals surface area (Å²) in [5.41, 5.74) is -0.244. The molecule has 0 unspecified atom stereocenters. The summed E-state index contributed by atoms with van der Waals surface area (Å²) in [6.07, 6.45) is 0.733. The van der Waals surface area contributed by atoms with Gasteiger partial charge in [0.15, 0.2) is 0 Å². The highest BCUT2D eigenvalue weighted by Crippen LogP contribution is 2.42. The Morgan fingerprint density at radius 3 is 2.59 bits per heavy atom. The molecule has 0 heterocycles. The number of ether oxygens (including phenoxy) is 1. The molecule has 2 atom stereocenters. The van der Waals surface area contributed by atoms with E-state index >= 15 is 0 Å². The Bertz CT molecular complexity index is 574. The third-order valence-electron chi connectivity index (χ3n) is 4.18. The number of amides is 2. The SMILES string of the molecule is CCO[C@H]1C[C@H](NC(=O)C(=O)Nc2ccccc2F)C1(C)C. The molecule has 22 heavy (non-hydrogen) atoms. The van der Waals surface area contributed by atoms with E-state index in [0.29, 0.717) is 13.0 Å². The van der Waals surface area contributed by atoms with Crippen molar-refractivity contribution < 1.29 is 18.7 Å². The molecule has 1 aliphatic carbocycles. The maximum Gasteiger partial charge on any atom is 0.313 e. The molecule has 1 aromatic carbocycles. The molecule has 0 spiro atoms. The summed E-state index contributed by atoms with van der Waals surface area (Å²) in [5.74, 6) is -2.22. The van der Waals surface area contributed by atoms with Crippen LogP contribution in [0.25, 0.3) is 0 Å². The minimum Gasteiger partial charge on any atom is -0.378 e. The molecule has 0 radical (unpaired) electrons. The van der Waals surface area contributed by atoms with Crippen LogP contribution in [-0.2, 0) is 14.3 Å². The van der Waals surface area contributed by atoms with E-state index in [-0.39, 0.29) is 23.2 Å². The fraction of sp³-hybridized carbons (Fsp3) is 0.500. The normalized spacial score (nSPS) is 22.5. The van der Waals surface area contributed by atoms with Crippen molar-refractivity contribution in [1.82, 2.24) is 5.32 Å². The van der Waals surface area contributed by atoms with Gasteiger partial charge in [-0.1, -0.05) is 26.0 Å². The molecule has 1 saturated carbocycles. The summed E-state index contributed by atoms with van der Waals surface area (Å²) >= 11 is 0. The third-order valence-corrected chi connectivity index (χ3v) is 4.18. The van der Waals surface area contributed by atoms with E-state index < -0.39 is 17.6 Å². The van der Waals surface area contributed by atoms with Crippen LogP contribution in [-0.4, -0.2) is 30.6 Å². The summed E-state index contributed by atoms with van der Waals surface area (Å²) in [7, 11) is 0. The van der Waals surface area contributed by atoms with E-state index in [1.807, 2.05) is 20.8 Å². The van der Waals surface area contributed by atoms with Gasteiger partial charge < -0.3 is 15.4 Å². The number of para-hydroxylation sites is 1. The number of hydrogen-bond acceptors (Lipinski definition) is 3. The molecule has 0 aliphatic heterocycles. The number of benzene rings is 1. The Balaban J connectivity index is 1.91. The molecular weight excluding hydrogens is 287 g/mol. The Kier molecular flexibility index (Phi) is 4.81. The first-order valence-electron chi connectivity index (χ1n) is 7.34. The van der Waals surface area contributed by atoms with Gasteiger partial charge in [-0.2, -0.15) is 0 Å². The van der Waals surface area contributed by atoms with Crippen LogP contribution < -0.4 is 10.6 Å². The molecule has 0 saturated heterocycles. The monoisotopic (exact) mass is 308 g/mol. The van der Waals surface area contributed by atoms with Crippen molar-refractivity contribution in [1.29, 1.82) is 0 Å². The van der Waals surface area contributed by atoms with E-state index in [4.69, 9.17) is 4.74 Å². The molecule has 0 aromatic heterocycles. The fourth-order valence-electron chi connectivity index (χ4n) is 2.58. The molecule has 2 amide bonds. The maximum absolute atomic E-state index is 13.4. The van der Waals surface area contributed by atoms with Crippen molar-refractivity contribution >= 4 is 17.5 Å². The van der Waals surface area contributed by atoms with Gasteiger partial charge in [0.05, 0.1) is 11.8 Å². The second-order valence-corrected chi connectivity index (χ2v) is 5.96. The predicted octanol–water partition coefficient (Wildman–Crippen LogP) is 2.08. The van der Waals surface area contributed by atoms with Gasteiger partial charge in [-0.05, 0) is 25.5 Å². The number of nitrogens with one attached hydrogen (secondary N) is 2. The lowest BCUT2D eigenvalue weighted by Crippen LogP contribution is -2.63. The van der Waals surface area contributed by atoms with Crippen LogP contribution in [0.15, 0.2) is 24.3 Å². The molecule has 5 nitrogen and oxygen atoms in total. The zero-order valence-electron chi connectivity index (χ0n) is 13.0. The lowest BCUT2D eigenvalue weighted by atomic mass is 9.64. The van der Waals surface area contributed by atoms with E-state index in [1.165, 1.54) is 18.2 Å². The first-order chi connectivity index (χ1) is 10.4. The van der Waals surface area contributed by atoms with Crippen molar-refractivity contribution in [2.75, 3.05) is 11.9 Å². The smallest absolute Gasteiger partial charge is 0.313 e. The van der Waals surface area contributed by atoms with Crippen molar-refractivity contribution in [3.8, 4) is 0 Å². The zero-order valence-corrected chi connectivity index (χ0v) is 13.0. The lowest BCUT2D eigenvalue weighted by Gasteiger charge is -2.51. The number of anilines is 1. The molecule has 120 valence electrons. The molecule has 1 fully saturated rings. The Labute approximate surface area is 129 Å². The van der Waals surface area contributed by atoms with Gasteiger partial charge >= 0.3 is 11.8 Å². The second kappa shape index (κ2) is 6.44. The van der Waals surface area contributed by atoms with Gasteiger partial charge in [0.25, 0.3) is 0 Å². The van der Waals surface area contributed by atoms with E-state index in [9.17, 15) is 14.0 Å². The summed E-state index contributed by atoms with van der Waals surface area (Å²) in [6, 6.07) is 5.57. The van der Waals surface area contributed by atoms with Crippen LogP contribution in [0.1, 0.15) is 27.2 Å². The van der Waals surface area contributed by atoms with Crippen molar-refractivity contribution in [3.05, 3.63) is 30.1 Å². The first-order valence-corrected chi connectivity index (χ1v) is 7.34. The van der Waals surface area contributed by atoms with E-state index in [2.05, 4.69) is 10.6 Å². The number of halogens is 1. The quantitative estimate of drug-likeness (QED) is 0.837. The van der Waals surface area contributed by atoms with Crippen LogP contribution in [0.3, 0.4) is 0 Å². The minimum absolute atomic E-state index is 0.0114. The van der Waals surface area contributed by atoms with E-state index in [0.717, 1.165) is 0 Å². The average Bonchev–Trinajstić information content (AvgIpc) is 2.48. The number of rotatable bonds is 4. The highest BCUT2D eigenvalue weighted by Gasteiger charge is 2.49. The molecule has 0 bridgehead atoms. The molecule has 2 N–H and O–H groups in total. The largest absolute Gasteiger partial charge is 0.378 e. The van der Waals surface area contributed by atoms with Gasteiger partial charge in [-0.3, -0.25) is 9.59 Å². The second-order valence-electron chi connectivity index (χ2n) is 5.96. The van der Waals surface area contributed by atoms with Crippen LogP contribution in [0, 0.1) is 11.2 Å². The molecule has 1 aromatic rings. The Morgan fingerprint density at radius 2 is 2.00 bits per heavy atom. The molecular formula is C16H21FN2O3. The van der Waals surface area contributed by atoms with Crippen molar-refractivity contribution in [2.24, 2.45) is 5.41 Å². The van der Waals surface area contributed by atoms with Gasteiger partial charge in [-0.15, -0.1) is 0 Å². The predicted molar refractivity (Wildman–Crippen MR) is 80.8 cm³/mol. The Hall–Kier alpha value is -1.95. The molecule has 6 heteroatoms. The summed E-state index contributed by atoms with van der Waals surface area (Å²) < 4.78 is 19.0. The third kappa shape index (κ3) is 3.27. The minimum atomic E-state index is -0.874. The number of carbonyl (C=O) groups is 2. The van der Waals surface area contributed by atoms with Crippen LogP contribution in [0.5, 0.6) is 0 Å². The Morgan fingerprint density at radius 1 is 1.32 bits per heavy atom.